The molecular formula is C23H26F2N8O2. The highest BCUT2D eigenvalue weighted by Gasteiger charge is 2.31. The fourth-order valence-corrected chi connectivity index (χ4v) is 4.44. The maximum Gasteiger partial charge on any atom is 0.244 e. The first-order chi connectivity index (χ1) is 16.9. The van der Waals surface area contributed by atoms with Gasteiger partial charge in [0.15, 0.2) is 0 Å². The molecule has 0 saturated carbocycles. The van der Waals surface area contributed by atoms with Crippen molar-refractivity contribution in [2.75, 3.05) is 32.2 Å². The first kappa shape index (κ1) is 22.9. The zero-order chi connectivity index (χ0) is 24.7. The molecule has 0 radical (unpaired) electrons. The number of anilines is 1. The Morgan fingerprint density at radius 1 is 1.34 bits per heavy atom. The molecule has 1 fully saturated rings. The van der Waals surface area contributed by atoms with Crippen LogP contribution in [0.15, 0.2) is 30.5 Å². The number of amides is 1. The summed E-state index contributed by atoms with van der Waals surface area (Å²) in [7, 11) is 1.51. The average molecular weight is 485 g/mol. The molecule has 1 aromatic carbocycles. The number of nitrogens with zero attached hydrogens (tertiary/aromatic N) is 7. The molecule has 0 bridgehead atoms. The smallest absolute Gasteiger partial charge is 0.244 e. The zero-order valence-electron chi connectivity index (χ0n) is 19.7. The minimum atomic E-state index is -1.24. The van der Waals surface area contributed by atoms with Crippen LogP contribution >= 0.6 is 0 Å². The number of aromatic nitrogens is 6. The number of carbonyl (C=O) groups excluding carboxylic acids is 1. The quantitative estimate of drug-likeness (QED) is 0.449. The van der Waals surface area contributed by atoms with Gasteiger partial charge >= 0.3 is 0 Å². The van der Waals surface area contributed by atoms with Gasteiger partial charge in [0.05, 0.1) is 31.3 Å². The van der Waals surface area contributed by atoms with Gasteiger partial charge in [-0.2, -0.15) is 4.98 Å². The van der Waals surface area contributed by atoms with Crippen LogP contribution < -0.4 is 10.1 Å². The lowest BCUT2D eigenvalue weighted by Crippen LogP contribution is -2.49. The van der Waals surface area contributed by atoms with Gasteiger partial charge in [0.25, 0.3) is 0 Å². The summed E-state index contributed by atoms with van der Waals surface area (Å²) in [6.45, 7) is 3.13. The number of piperidine rings is 1. The minimum absolute atomic E-state index is 0.0367. The third kappa shape index (κ3) is 4.13. The molecule has 0 aliphatic carbocycles. The van der Waals surface area contributed by atoms with E-state index in [4.69, 9.17) is 4.74 Å². The number of nitrogens with one attached hydrogen (secondary N) is 1. The van der Waals surface area contributed by atoms with Gasteiger partial charge in [-0.25, -0.2) is 18.0 Å². The van der Waals surface area contributed by atoms with Gasteiger partial charge in [0.1, 0.15) is 23.9 Å². The van der Waals surface area contributed by atoms with E-state index in [1.165, 1.54) is 18.9 Å². The van der Waals surface area contributed by atoms with Crippen molar-refractivity contribution in [3.8, 4) is 17.0 Å². The Morgan fingerprint density at radius 2 is 2.17 bits per heavy atom. The first-order valence-corrected chi connectivity index (χ1v) is 11.4. The SMILES string of the molecule is COc1nc(N[C@H]2CCN(C(C)=O)C[C@H]2F)nn2ccc(-c3ccc4nnn([C@H](C)CF)c4c3)c12. The van der Waals surface area contributed by atoms with Crippen molar-refractivity contribution in [2.24, 2.45) is 0 Å². The summed E-state index contributed by atoms with van der Waals surface area (Å²) in [5.74, 6) is 0.416. The topological polar surface area (TPSA) is 102 Å². The van der Waals surface area contributed by atoms with Crippen molar-refractivity contribution in [1.82, 2.24) is 34.5 Å². The summed E-state index contributed by atoms with van der Waals surface area (Å²) in [6, 6.07) is 6.57. The van der Waals surface area contributed by atoms with Crippen molar-refractivity contribution in [2.45, 2.75) is 38.5 Å². The van der Waals surface area contributed by atoms with E-state index in [0.717, 1.165) is 16.6 Å². The van der Waals surface area contributed by atoms with Gasteiger partial charge < -0.3 is 15.0 Å². The number of fused-ring (bicyclic) bond motifs is 2. The monoisotopic (exact) mass is 484 g/mol. The zero-order valence-corrected chi connectivity index (χ0v) is 19.7. The molecule has 5 rings (SSSR count). The first-order valence-electron chi connectivity index (χ1n) is 11.4. The molecule has 0 unspecified atom stereocenters. The lowest BCUT2D eigenvalue weighted by atomic mass is 10.0. The van der Waals surface area contributed by atoms with E-state index >= 15 is 0 Å². The van der Waals surface area contributed by atoms with Crippen molar-refractivity contribution in [3.63, 3.8) is 0 Å². The molecule has 35 heavy (non-hydrogen) atoms. The molecule has 3 atom stereocenters. The van der Waals surface area contributed by atoms with Crippen molar-refractivity contribution in [1.29, 1.82) is 0 Å². The fraction of sp³-hybridized carbons (Fsp3) is 0.435. The number of benzene rings is 1. The molecule has 1 saturated heterocycles. The van der Waals surface area contributed by atoms with Crippen molar-refractivity contribution in [3.05, 3.63) is 30.5 Å². The molecule has 12 heteroatoms. The Kier molecular flexibility index (Phi) is 5.95. The Hall–Kier alpha value is -3.83. The van der Waals surface area contributed by atoms with Crippen molar-refractivity contribution >= 4 is 28.4 Å². The van der Waals surface area contributed by atoms with E-state index in [1.54, 1.807) is 22.3 Å². The molecule has 1 amide bonds. The number of rotatable bonds is 6. The molecule has 1 aliphatic heterocycles. The number of ether oxygens (including phenoxy) is 1. The summed E-state index contributed by atoms with van der Waals surface area (Å²) < 4.78 is 36.7. The van der Waals surface area contributed by atoms with Crippen LogP contribution in [-0.2, 0) is 4.79 Å². The number of hydrogen-bond donors (Lipinski definition) is 1. The number of alkyl halides is 2. The predicted molar refractivity (Wildman–Crippen MR) is 126 cm³/mol. The summed E-state index contributed by atoms with van der Waals surface area (Å²) >= 11 is 0. The maximum atomic E-state index is 14.7. The number of likely N-dealkylation sites (tertiary alicyclic amines) is 1. The summed E-state index contributed by atoms with van der Waals surface area (Å²) in [4.78, 5) is 17.5. The standard InChI is InChI=1S/C23H26F2N8O2/c1-13(11-24)33-20-10-15(4-5-19(20)28-30-33)16-6-9-32-21(16)22(35-3)27-23(29-32)26-18-7-8-31(14(2)34)12-17(18)25/h4-6,9-10,13,17-18H,7-8,11-12H2,1-3H3,(H,26,29)/t13-,17-,18+/m1/s1. The second-order valence-electron chi connectivity index (χ2n) is 8.73. The summed E-state index contributed by atoms with van der Waals surface area (Å²) in [5, 5.41) is 15.8. The van der Waals surface area contributed by atoms with Gasteiger partial charge in [-0.15, -0.1) is 10.2 Å². The highest BCUT2D eigenvalue weighted by atomic mass is 19.1. The lowest BCUT2D eigenvalue weighted by Gasteiger charge is -2.34. The summed E-state index contributed by atoms with van der Waals surface area (Å²) in [5.41, 5.74) is 3.69. The lowest BCUT2D eigenvalue weighted by molar-refractivity contribution is -0.131. The van der Waals surface area contributed by atoms with Crippen LogP contribution in [0.2, 0.25) is 0 Å². The third-order valence-electron chi connectivity index (χ3n) is 6.40. The Balaban J connectivity index is 1.48. The van der Waals surface area contributed by atoms with Gasteiger partial charge in [-0.1, -0.05) is 11.3 Å². The molecule has 3 aromatic heterocycles. The largest absolute Gasteiger partial charge is 0.479 e. The highest BCUT2D eigenvalue weighted by molar-refractivity contribution is 5.89. The van der Waals surface area contributed by atoms with Crippen LogP contribution in [0.5, 0.6) is 5.88 Å². The van der Waals surface area contributed by atoms with E-state index in [9.17, 15) is 13.6 Å². The molecule has 0 spiro atoms. The van der Waals surface area contributed by atoms with Crippen LogP contribution in [0.4, 0.5) is 14.7 Å². The van der Waals surface area contributed by atoms with Gasteiger partial charge in [-0.3, -0.25) is 4.79 Å². The Labute approximate surface area is 199 Å². The average Bonchev–Trinajstić information content (AvgIpc) is 3.48. The number of methoxy groups -OCH3 is 1. The second-order valence-corrected chi connectivity index (χ2v) is 8.73. The molecule has 1 N–H and O–H groups in total. The molecule has 4 heterocycles. The second kappa shape index (κ2) is 9.08. The summed E-state index contributed by atoms with van der Waals surface area (Å²) in [6.07, 6.45) is 0.977. The van der Waals surface area contributed by atoms with Crippen LogP contribution in [0.3, 0.4) is 0 Å². The number of carbonyl (C=O) groups is 1. The molecule has 10 nitrogen and oxygen atoms in total. The predicted octanol–water partition coefficient (Wildman–Crippen LogP) is 3.05. The van der Waals surface area contributed by atoms with Crippen LogP contribution in [0, 0.1) is 0 Å². The van der Waals surface area contributed by atoms with Crippen LogP contribution in [0.1, 0.15) is 26.3 Å². The molecule has 184 valence electrons. The molecule has 1 aliphatic rings. The van der Waals surface area contributed by atoms with Gasteiger partial charge in [0.2, 0.25) is 17.7 Å². The molecule has 4 aromatic rings. The van der Waals surface area contributed by atoms with E-state index < -0.39 is 24.9 Å². The minimum Gasteiger partial charge on any atom is -0.479 e. The Morgan fingerprint density at radius 3 is 2.89 bits per heavy atom. The molecular weight excluding hydrogens is 458 g/mol. The van der Waals surface area contributed by atoms with Crippen molar-refractivity contribution < 1.29 is 18.3 Å². The van der Waals surface area contributed by atoms with E-state index in [-0.39, 0.29) is 18.4 Å². The van der Waals surface area contributed by atoms with E-state index in [0.29, 0.717) is 29.9 Å². The normalized spacial score (nSPS) is 19.3. The van der Waals surface area contributed by atoms with Gasteiger partial charge in [-0.05, 0) is 37.1 Å². The highest BCUT2D eigenvalue weighted by Crippen LogP contribution is 2.33. The van der Waals surface area contributed by atoms with Crippen LogP contribution in [-0.4, -0.2) is 79.5 Å². The van der Waals surface area contributed by atoms with Crippen LogP contribution in [0.25, 0.3) is 27.7 Å². The fourth-order valence-electron chi connectivity index (χ4n) is 4.44. The number of hydrogen-bond acceptors (Lipinski definition) is 7. The Bertz CT molecular complexity index is 1390. The number of halogens is 2. The van der Waals surface area contributed by atoms with Gasteiger partial charge in [0, 0.05) is 25.2 Å². The maximum absolute atomic E-state index is 14.7. The van der Waals surface area contributed by atoms with E-state index in [1.807, 2.05) is 24.3 Å². The van der Waals surface area contributed by atoms with E-state index in [2.05, 4.69) is 25.7 Å². The third-order valence-corrected chi connectivity index (χ3v) is 6.40.